The van der Waals surface area contributed by atoms with Crippen molar-refractivity contribution >= 4 is 17.3 Å². The van der Waals surface area contributed by atoms with Gasteiger partial charge in [-0.05, 0) is 20.8 Å². The molecule has 2 N–H and O–H groups in total. The van der Waals surface area contributed by atoms with Gasteiger partial charge in [0, 0.05) is 43.3 Å². The Kier molecular flexibility index (Phi) is 6.16. The zero-order chi connectivity index (χ0) is 16.0. The Morgan fingerprint density at radius 2 is 2.14 bits per heavy atom. The van der Waals surface area contributed by atoms with Gasteiger partial charge in [-0.1, -0.05) is 0 Å². The highest BCUT2D eigenvalue weighted by Gasteiger charge is 2.28. The van der Waals surface area contributed by atoms with E-state index in [1.807, 2.05) is 6.20 Å². The molecule has 0 bridgehead atoms. The Bertz CT molecular complexity index is 494. The SMILES string of the molecule is CN=C(NCc1ncc(C)s1)NCC(C)(C)N1CCOCC1. The minimum absolute atomic E-state index is 0.0686. The van der Waals surface area contributed by atoms with E-state index in [9.17, 15) is 0 Å². The second kappa shape index (κ2) is 7.89. The van der Waals surface area contributed by atoms with Gasteiger partial charge in [0.1, 0.15) is 5.01 Å². The number of aryl methyl sites for hydroxylation is 1. The summed E-state index contributed by atoms with van der Waals surface area (Å²) in [7, 11) is 1.80. The van der Waals surface area contributed by atoms with Crippen LogP contribution in [0.15, 0.2) is 11.2 Å². The molecule has 1 aliphatic heterocycles. The first kappa shape index (κ1) is 17.2. The Balaban J connectivity index is 1.79. The number of hydrogen-bond donors (Lipinski definition) is 2. The number of hydrogen-bond acceptors (Lipinski definition) is 5. The van der Waals surface area contributed by atoms with Crippen LogP contribution in [0.4, 0.5) is 0 Å². The summed E-state index contributed by atoms with van der Waals surface area (Å²) in [5.74, 6) is 0.814. The summed E-state index contributed by atoms with van der Waals surface area (Å²) in [5.41, 5.74) is 0.0686. The third kappa shape index (κ3) is 4.93. The average molecular weight is 325 g/mol. The third-order valence-corrected chi connectivity index (χ3v) is 4.77. The number of nitrogens with zero attached hydrogens (tertiary/aromatic N) is 3. The summed E-state index contributed by atoms with van der Waals surface area (Å²) in [6.45, 7) is 11.7. The molecule has 2 rings (SSSR count). The second-order valence-electron chi connectivity index (χ2n) is 6.06. The van der Waals surface area contributed by atoms with Crippen molar-refractivity contribution in [1.82, 2.24) is 20.5 Å². The fourth-order valence-corrected chi connectivity index (χ4v) is 3.17. The Morgan fingerprint density at radius 1 is 1.41 bits per heavy atom. The second-order valence-corrected chi connectivity index (χ2v) is 7.38. The molecule has 22 heavy (non-hydrogen) atoms. The lowest BCUT2D eigenvalue weighted by molar-refractivity contribution is -0.00834. The van der Waals surface area contributed by atoms with E-state index in [4.69, 9.17) is 4.74 Å². The number of aromatic nitrogens is 1. The van der Waals surface area contributed by atoms with Crippen molar-refractivity contribution in [2.45, 2.75) is 32.9 Å². The molecule has 0 radical (unpaired) electrons. The van der Waals surface area contributed by atoms with E-state index in [1.54, 1.807) is 18.4 Å². The molecule has 6 nitrogen and oxygen atoms in total. The quantitative estimate of drug-likeness (QED) is 0.630. The van der Waals surface area contributed by atoms with Gasteiger partial charge < -0.3 is 15.4 Å². The summed E-state index contributed by atoms with van der Waals surface area (Å²) in [5, 5.41) is 7.81. The standard InChI is InChI=1S/C15H27N5OS/c1-12-9-17-13(22-12)10-18-14(16-4)19-11-15(2,3)20-5-7-21-8-6-20/h9H,5-8,10-11H2,1-4H3,(H2,16,18,19). The van der Waals surface area contributed by atoms with Crippen molar-refractivity contribution in [3.63, 3.8) is 0 Å². The van der Waals surface area contributed by atoms with Crippen molar-refractivity contribution in [1.29, 1.82) is 0 Å². The number of ether oxygens (including phenoxy) is 1. The van der Waals surface area contributed by atoms with Crippen molar-refractivity contribution in [3.8, 4) is 0 Å². The first-order valence-electron chi connectivity index (χ1n) is 7.70. The lowest BCUT2D eigenvalue weighted by Crippen LogP contribution is -2.56. The monoisotopic (exact) mass is 325 g/mol. The Labute approximate surface area is 137 Å². The van der Waals surface area contributed by atoms with Crippen molar-refractivity contribution in [2.24, 2.45) is 4.99 Å². The Morgan fingerprint density at radius 3 is 2.73 bits per heavy atom. The number of aliphatic imine (C=N–C) groups is 1. The molecule has 0 aromatic carbocycles. The predicted molar refractivity (Wildman–Crippen MR) is 91.5 cm³/mol. The van der Waals surface area contributed by atoms with Crippen LogP contribution < -0.4 is 10.6 Å². The van der Waals surface area contributed by atoms with Gasteiger partial charge in [-0.15, -0.1) is 11.3 Å². The molecule has 0 aliphatic carbocycles. The van der Waals surface area contributed by atoms with Crippen LogP contribution in [-0.2, 0) is 11.3 Å². The number of rotatable bonds is 5. The maximum absolute atomic E-state index is 5.43. The van der Waals surface area contributed by atoms with Crippen LogP contribution >= 0.6 is 11.3 Å². The summed E-state index contributed by atoms with van der Waals surface area (Å²) < 4.78 is 5.43. The summed E-state index contributed by atoms with van der Waals surface area (Å²) >= 11 is 1.71. The molecule has 1 aromatic heterocycles. The van der Waals surface area contributed by atoms with Crippen LogP contribution in [0.3, 0.4) is 0 Å². The van der Waals surface area contributed by atoms with Gasteiger partial charge in [0.25, 0.3) is 0 Å². The third-order valence-electron chi connectivity index (χ3n) is 3.86. The van der Waals surface area contributed by atoms with Crippen molar-refractivity contribution in [2.75, 3.05) is 39.9 Å². The molecule has 1 fully saturated rings. The molecule has 2 heterocycles. The number of morpholine rings is 1. The highest BCUT2D eigenvalue weighted by molar-refractivity contribution is 7.11. The van der Waals surface area contributed by atoms with Crippen molar-refractivity contribution in [3.05, 3.63) is 16.1 Å². The molecule has 0 saturated carbocycles. The summed E-state index contributed by atoms with van der Waals surface area (Å²) in [4.78, 5) is 12.3. The lowest BCUT2D eigenvalue weighted by atomic mass is 10.0. The first-order valence-corrected chi connectivity index (χ1v) is 8.51. The number of thiazole rings is 1. The average Bonchev–Trinajstić information content (AvgIpc) is 2.94. The molecule has 7 heteroatoms. The van der Waals surface area contributed by atoms with Crippen LogP contribution in [0.1, 0.15) is 23.7 Å². The molecule has 1 saturated heterocycles. The van der Waals surface area contributed by atoms with Gasteiger partial charge in [0.15, 0.2) is 5.96 Å². The molecular weight excluding hydrogens is 298 g/mol. The minimum Gasteiger partial charge on any atom is -0.379 e. The molecule has 0 atom stereocenters. The van der Waals surface area contributed by atoms with Crippen LogP contribution in [0.5, 0.6) is 0 Å². The largest absolute Gasteiger partial charge is 0.379 e. The van der Waals surface area contributed by atoms with Gasteiger partial charge >= 0.3 is 0 Å². The first-order chi connectivity index (χ1) is 10.5. The van der Waals surface area contributed by atoms with E-state index in [-0.39, 0.29) is 5.54 Å². The minimum atomic E-state index is 0.0686. The van der Waals surface area contributed by atoms with E-state index >= 15 is 0 Å². The normalized spacial score (nSPS) is 17.5. The highest BCUT2D eigenvalue weighted by Crippen LogP contribution is 2.15. The Hall–Kier alpha value is -1.18. The summed E-state index contributed by atoms with van der Waals surface area (Å²) in [6, 6.07) is 0. The molecule has 1 aromatic rings. The molecule has 1 aliphatic rings. The van der Waals surface area contributed by atoms with E-state index in [1.165, 1.54) is 4.88 Å². The maximum atomic E-state index is 5.43. The lowest BCUT2D eigenvalue weighted by Gasteiger charge is -2.41. The molecule has 124 valence electrons. The maximum Gasteiger partial charge on any atom is 0.191 e. The zero-order valence-corrected chi connectivity index (χ0v) is 14.8. The zero-order valence-electron chi connectivity index (χ0n) is 14.0. The fourth-order valence-electron chi connectivity index (χ4n) is 2.44. The van der Waals surface area contributed by atoms with Gasteiger partial charge in [-0.3, -0.25) is 9.89 Å². The van der Waals surface area contributed by atoms with E-state index in [0.29, 0.717) is 6.54 Å². The van der Waals surface area contributed by atoms with Gasteiger partial charge in [-0.2, -0.15) is 0 Å². The van der Waals surface area contributed by atoms with Gasteiger partial charge in [0.05, 0.1) is 19.8 Å². The van der Waals surface area contributed by atoms with Crippen LogP contribution in [0.25, 0.3) is 0 Å². The van der Waals surface area contributed by atoms with E-state index in [0.717, 1.165) is 43.8 Å². The van der Waals surface area contributed by atoms with Crippen LogP contribution in [0.2, 0.25) is 0 Å². The number of nitrogens with one attached hydrogen (secondary N) is 2. The molecule has 0 amide bonds. The van der Waals surface area contributed by atoms with Crippen LogP contribution in [-0.4, -0.2) is 61.3 Å². The van der Waals surface area contributed by atoms with Crippen molar-refractivity contribution < 1.29 is 4.74 Å². The molecule has 0 spiro atoms. The summed E-state index contributed by atoms with van der Waals surface area (Å²) in [6.07, 6.45) is 1.90. The number of guanidine groups is 1. The predicted octanol–water partition coefficient (Wildman–Crippen LogP) is 1.23. The van der Waals surface area contributed by atoms with Gasteiger partial charge in [-0.25, -0.2) is 4.98 Å². The molecular formula is C15H27N5OS. The van der Waals surface area contributed by atoms with Crippen LogP contribution in [0, 0.1) is 6.92 Å². The van der Waals surface area contributed by atoms with E-state index < -0.39 is 0 Å². The fraction of sp³-hybridized carbons (Fsp3) is 0.733. The smallest absolute Gasteiger partial charge is 0.191 e. The van der Waals surface area contributed by atoms with E-state index in [2.05, 4.69) is 46.3 Å². The topological polar surface area (TPSA) is 61.8 Å². The highest BCUT2D eigenvalue weighted by atomic mass is 32.1. The molecule has 0 unspecified atom stereocenters. The van der Waals surface area contributed by atoms with Gasteiger partial charge in [0.2, 0.25) is 0 Å².